The number of amides is 3. The van der Waals surface area contributed by atoms with Crippen LogP contribution in [0.25, 0.3) is 0 Å². The van der Waals surface area contributed by atoms with Gasteiger partial charge in [0.25, 0.3) is 0 Å². The minimum Gasteiger partial charge on any atom is -0.274 e. The van der Waals surface area contributed by atoms with Gasteiger partial charge in [0.15, 0.2) is 0 Å². The molecule has 2 fully saturated rings. The molecule has 1 saturated carbocycles. The number of carbonyl (C=O) groups excluding carboxylic acids is 3. The van der Waals surface area contributed by atoms with E-state index in [1.165, 1.54) is 6.92 Å². The molecule has 0 N–H and O–H groups in total. The molecule has 2 aliphatic rings. The number of fused-ring (bicyclic) bond motifs is 1. The molecule has 14 heavy (non-hydrogen) atoms. The van der Waals surface area contributed by atoms with Crippen molar-refractivity contribution in [2.24, 2.45) is 11.8 Å². The summed E-state index contributed by atoms with van der Waals surface area (Å²) in [4.78, 5) is 35.3. The molecule has 3 amide bonds. The molecule has 0 aromatic carbocycles. The third-order valence-corrected chi connectivity index (χ3v) is 3.16. The van der Waals surface area contributed by atoms with Gasteiger partial charge in [-0.05, 0) is 12.8 Å². The van der Waals surface area contributed by atoms with Crippen LogP contribution in [0.1, 0.15) is 32.6 Å². The van der Waals surface area contributed by atoms with Crippen molar-refractivity contribution < 1.29 is 14.4 Å². The zero-order valence-electron chi connectivity index (χ0n) is 8.16. The van der Waals surface area contributed by atoms with Crippen molar-refractivity contribution in [1.82, 2.24) is 4.90 Å². The van der Waals surface area contributed by atoms with Crippen LogP contribution in [0.3, 0.4) is 0 Å². The van der Waals surface area contributed by atoms with Gasteiger partial charge in [-0.2, -0.15) is 0 Å². The number of hydrogen-bond donors (Lipinski definition) is 0. The monoisotopic (exact) mass is 195 g/mol. The number of likely N-dealkylation sites (tertiary alicyclic amines) is 1. The molecule has 0 aromatic rings. The Morgan fingerprint density at radius 3 is 1.93 bits per heavy atom. The van der Waals surface area contributed by atoms with E-state index < -0.39 is 5.91 Å². The Morgan fingerprint density at radius 2 is 1.57 bits per heavy atom. The Morgan fingerprint density at radius 1 is 1.14 bits per heavy atom. The Balaban J connectivity index is 2.29. The van der Waals surface area contributed by atoms with E-state index in [1.807, 2.05) is 0 Å². The average Bonchev–Trinajstić information content (AvgIpc) is 2.41. The Labute approximate surface area is 82.3 Å². The predicted octanol–water partition coefficient (Wildman–Crippen LogP) is 0.708. The zero-order valence-corrected chi connectivity index (χ0v) is 8.16. The fourth-order valence-electron chi connectivity index (χ4n) is 2.47. The molecule has 1 saturated heterocycles. The lowest BCUT2D eigenvalue weighted by atomic mass is 9.81. The number of imide groups is 3. The number of hydrogen-bond acceptors (Lipinski definition) is 3. The Kier molecular flexibility index (Phi) is 2.13. The molecular weight excluding hydrogens is 182 g/mol. The largest absolute Gasteiger partial charge is 0.274 e. The van der Waals surface area contributed by atoms with E-state index >= 15 is 0 Å². The first-order chi connectivity index (χ1) is 6.63. The second kappa shape index (κ2) is 3.19. The summed E-state index contributed by atoms with van der Waals surface area (Å²) in [6.45, 7) is 1.27. The van der Waals surface area contributed by atoms with Crippen LogP contribution in [0.5, 0.6) is 0 Å². The summed E-state index contributed by atoms with van der Waals surface area (Å²) < 4.78 is 0. The van der Waals surface area contributed by atoms with E-state index in [-0.39, 0.29) is 23.7 Å². The lowest BCUT2D eigenvalue weighted by Crippen LogP contribution is -2.35. The molecule has 2 rings (SSSR count). The molecule has 4 heteroatoms. The van der Waals surface area contributed by atoms with Gasteiger partial charge >= 0.3 is 0 Å². The minimum absolute atomic E-state index is 0.208. The van der Waals surface area contributed by atoms with Crippen LogP contribution >= 0.6 is 0 Å². The maximum Gasteiger partial charge on any atom is 0.239 e. The summed E-state index contributed by atoms with van der Waals surface area (Å²) in [7, 11) is 0. The summed E-state index contributed by atoms with van der Waals surface area (Å²) in [5.41, 5.74) is 0. The van der Waals surface area contributed by atoms with E-state index in [2.05, 4.69) is 0 Å². The van der Waals surface area contributed by atoms with Crippen molar-refractivity contribution in [3.63, 3.8) is 0 Å². The van der Waals surface area contributed by atoms with E-state index in [1.54, 1.807) is 0 Å². The summed E-state index contributed by atoms with van der Waals surface area (Å²) in [5.74, 6) is -1.39. The highest BCUT2D eigenvalue weighted by molar-refractivity contribution is 6.16. The standard InChI is InChI=1S/C10H13NO3/c1-6(12)11-9(13)7-4-2-3-5-8(7)10(11)14/h7-8H,2-5H2,1H3. The van der Waals surface area contributed by atoms with Gasteiger partial charge in [0.05, 0.1) is 11.8 Å². The SMILES string of the molecule is CC(=O)N1C(=O)C2CCCCC2C1=O. The molecule has 0 spiro atoms. The van der Waals surface area contributed by atoms with Gasteiger partial charge in [-0.1, -0.05) is 12.8 Å². The van der Waals surface area contributed by atoms with Crippen molar-refractivity contribution >= 4 is 17.7 Å². The molecule has 0 radical (unpaired) electrons. The van der Waals surface area contributed by atoms with Crippen molar-refractivity contribution in [2.45, 2.75) is 32.6 Å². The summed E-state index contributed by atoms with van der Waals surface area (Å²) >= 11 is 0. The molecule has 1 aliphatic carbocycles. The molecule has 0 bridgehead atoms. The lowest BCUT2D eigenvalue weighted by molar-refractivity contribution is -0.149. The quantitative estimate of drug-likeness (QED) is 0.535. The van der Waals surface area contributed by atoms with Gasteiger partial charge in [0.2, 0.25) is 17.7 Å². The molecule has 2 atom stereocenters. The van der Waals surface area contributed by atoms with Gasteiger partial charge in [-0.3, -0.25) is 14.4 Å². The van der Waals surface area contributed by atoms with Gasteiger partial charge in [-0.25, -0.2) is 4.90 Å². The van der Waals surface area contributed by atoms with Crippen LogP contribution < -0.4 is 0 Å². The maximum atomic E-state index is 11.7. The van der Waals surface area contributed by atoms with E-state index in [4.69, 9.17) is 0 Å². The number of rotatable bonds is 0. The molecule has 76 valence electrons. The molecule has 1 aliphatic heterocycles. The van der Waals surface area contributed by atoms with Crippen LogP contribution in [0, 0.1) is 11.8 Å². The third-order valence-electron chi connectivity index (χ3n) is 3.16. The van der Waals surface area contributed by atoms with Gasteiger partial charge in [0, 0.05) is 6.92 Å². The van der Waals surface area contributed by atoms with Crippen LogP contribution in [-0.2, 0) is 14.4 Å². The molecule has 1 heterocycles. The van der Waals surface area contributed by atoms with Gasteiger partial charge < -0.3 is 0 Å². The number of nitrogens with zero attached hydrogens (tertiary/aromatic N) is 1. The molecule has 2 unspecified atom stereocenters. The van der Waals surface area contributed by atoms with Crippen molar-refractivity contribution in [2.75, 3.05) is 0 Å². The van der Waals surface area contributed by atoms with Crippen molar-refractivity contribution in [1.29, 1.82) is 0 Å². The second-order valence-corrected chi connectivity index (χ2v) is 4.03. The minimum atomic E-state index is -0.436. The average molecular weight is 195 g/mol. The Hall–Kier alpha value is -1.19. The van der Waals surface area contributed by atoms with E-state index in [9.17, 15) is 14.4 Å². The van der Waals surface area contributed by atoms with Crippen molar-refractivity contribution in [3.05, 3.63) is 0 Å². The van der Waals surface area contributed by atoms with Gasteiger partial charge in [0.1, 0.15) is 0 Å². The fourth-order valence-corrected chi connectivity index (χ4v) is 2.47. The molecular formula is C10H13NO3. The van der Waals surface area contributed by atoms with Crippen LogP contribution in [0.4, 0.5) is 0 Å². The van der Waals surface area contributed by atoms with Gasteiger partial charge in [-0.15, -0.1) is 0 Å². The highest BCUT2D eigenvalue weighted by Gasteiger charge is 2.49. The first kappa shape index (κ1) is 9.37. The summed E-state index contributed by atoms with van der Waals surface area (Å²) in [5, 5.41) is 0. The normalized spacial score (nSPS) is 31.9. The van der Waals surface area contributed by atoms with Crippen molar-refractivity contribution in [3.8, 4) is 0 Å². The topological polar surface area (TPSA) is 54.5 Å². The smallest absolute Gasteiger partial charge is 0.239 e. The van der Waals surface area contributed by atoms with Crippen LogP contribution in [0.2, 0.25) is 0 Å². The van der Waals surface area contributed by atoms with Crippen LogP contribution in [-0.4, -0.2) is 22.6 Å². The summed E-state index contributed by atoms with van der Waals surface area (Å²) in [6, 6.07) is 0. The predicted molar refractivity (Wildman–Crippen MR) is 48.0 cm³/mol. The fraction of sp³-hybridized carbons (Fsp3) is 0.700. The third kappa shape index (κ3) is 1.17. The first-order valence-electron chi connectivity index (χ1n) is 5.01. The number of carbonyl (C=O) groups is 3. The Bertz CT molecular complexity index is 286. The second-order valence-electron chi connectivity index (χ2n) is 4.03. The van der Waals surface area contributed by atoms with Crippen LogP contribution in [0.15, 0.2) is 0 Å². The highest BCUT2D eigenvalue weighted by atomic mass is 16.2. The highest BCUT2D eigenvalue weighted by Crippen LogP contribution is 2.37. The molecule has 0 aromatic heterocycles. The van der Waals surface area contributed by atoms with E-state index in [0.717, 1.165) is 30.6 Å². The first-order valence-corrected chi connectivity index (χ1v) is 5.01. The zero-order chi connectivity index (χ0) is 10.3. The lowest BCUT2D eigenvalue weighted by Gasteiger charge is -2.19. The molecule has 4 nitrogen and oxygen atoms in total. The maximum absolute atomic E-state index is 11.7. The summed E-state index contributed by atoms with van der Waals surface area (Å²) in [6.07, 6.45) is 3.51. The van der Waals surface area contributed by atoms with E-state index in [0.29, 0.717) is 0 Å².